The number of rotatable bonds is 6. The number of carbonyl (C=O) groups is 2. The Morgan fingerprint density at radius 1 is 1.29 bits per heavy atom. The van der Waals surface area contributed by atoms with Crippen LogP contribution < -0.4 is 4.74 Å². The summed E-state index contributed by atoms with van der Waals surface area (Å²) in [6, 6.07) is 5.23. The number of aliphatic hydroxyl groups excluding tert-OH is 1. The van der Waals surface area contributed by atoms with Crippen LogP contribution in [0.15, 0.2) is 24.3 Å². The highest BCUT2D eigenvalue weighted by Crippen LogP contribution is 2.25. The van der Waals surface area contributed by atoms with Gasteiger partial charge in [0.2, 0.25) is 0 Å². The smallest absolute Gasteiger partial charge is 0.387 e. The molecule has 1 aromatic rings. The van der Waals surface area contributed by atoms with Crippen molar-refractivity contribution in [1.82, 2.24) is 9.80 Å². The van der Waals surface area contributed by atoms with Crippen LogP contribution in [-0.4, -0.2) is 77.8 Å². The number of likely N-dealkylation sites (N-methyl/N-ethyl adjacent to an activating group) is 1. The lowest BCUT2D eigenvalue weighted by atomic mass is 10.1. The second-order valence-electron chi connectivity index (χ2n) is 7.72. The second-order valence-corrected chi connectivity index (χ2v) is 7.72. The molecule has 1 amide bonds. The predicted molar refractivity (Wildman–Crippen MR) is 97.2 cm³/mol. The monoisotopic (exact) mass is 400 g/mol. The maximum Gasteiger partial charge on any atom is 0.387 e. The van der Waals surface area contributed by atoms with Gasteiger partial charge in [0.25, 0.3) is 5.91 Å². The Balaban J connectivity index is 2.05. The lowest BCUT2D eigenvalue weighted by Crippen LogP contribution is -2.44. The largest absolute Gasteiger partial charge is 0.459 e. The quantitative estimate of drug-likeness (QED) is 0.733. The first-order chi connectivity index (χ1) is 13.0. The average molecular weight is 400 g/mol. The van der Waals surface area contributed by atoms with E-state index in [-0.39, 0.29) is 30.9 Å². The fourth-order valence-corrected chi connectivity index (χ4v) is 3.08. The van der Waals surface area contributed by atoms with Crippen LogP contribution in [0, 0.1) is 0 Å². The summed E-state index contributed by atoms with van der Waals surface area (Å²) in [5.74, 6) is -1.19. The van der Waals surface area contributed by atoms with E-state index in [0.717, 1.165) is 0 Å². The normalized spacial score (nSPS) is 20.0. The molecule has 7 nitrogen and oxygen atoms in total. The van der Waals surface area contributed by atoms with E-state index < -0.39 is 36.2 Å². The third-order valence-electron chi connectivity index (χ3n) is 4.24. The van der Waals surface area contributed by atoms with Crippen LogP contribution in [0.2, 0.25) is 0 Å². The number of esters is 1. The number of alkyl halides is 2. The number of β-amino-alcohol motifs (C(OH)–C–C–N with tert-alkyl or cyclic N) is 1. The molecule has 9 heteroatoms. The first kappa shape index (κ1) is 22.0. The van der Waals surface area contributed by atoms with Gasteiger partial charge in [-0.15, -0.1) is 0 Å². The van der Waals surface area contributed by atoms with Gasteiger partial charge >= 0.3 is 12.6 Å². The summed E-state index contributed by atoms with van der Waals surface area (Å²) < 4.78 is 34.8. The van der Waals surface area contributed by atoms with Crippen LogP contribution in [0.3, 0.4) is 0 Å². The van der Waals surface area contributed by atoms with E-state index in [0.29, 0.717) is 0 Å². The van der Waals surface area contributed by atoms with Crippen molar-refractivity contribution >= 4 is 11.9 Å². The van der Waals surface area contributed by atoms with Crippen molar-refractivity contribution in [2.75, 3.05) is 26.7 Å². The van der Waals surface area contributed by atoms with Crippen molar-refractivity contribution < 1.29 is 33.0 Å². The van der Waals surface area contributed by atoms with E-state index >= 15 is 0 Å². The molecule has 0 saturated carbocycles. The molecule has 0 spiro atoms. The van der Waals surface area contributed by atoms with Gasteiger partial charge in [-0.1, -0.05) is 12.1 Å². The van der Waals surface area contributed by atoms with E-state index in [1.807, 2.05) is 0 Å². The number of amides is 1. The van der Waals surface area contributed by atoms with Gasteiger partial charge in [0.05, 0.1) is 24.3 Å². The maximum atomic E-state index is 12.8. The molecule has 0 aliphatic carbocycles. The molecule has 1 aromatic carbocycles. The van der Waals surface area contributed by atoms with Gasteiger partial charge in [-0.3, -0.25) is 14.5 Å². The number of benzene rings is 1. The molecular weight excluding hydrogens is 374 g/mol. The summed E-state index contributed by atoms with van der Waals surface area (Å²) in [6.07, 6.45) is -0.889. The van der Waals surface area contributed by atoms with Crippen LogP contribution in [0.4, 0.5) is 8.78 Å². The first-order valence-corrected chi connectivity index (χ1v) is 8.91. The number of para-hydroxylation sites is 1. The van der Waals surface area contributed by atoms with Crippen molar-refractivity contribution in [3.63, 3.8) is 0 Å². The number of nitrogens with zero attached hydrogens (tertiary/aromatic N) is 2. The molecule has 0 aromatic heterocycles. The van der Waals surface area contributed by atoms with E-state index in [1.165, 1.54) is 23.1 Å². The summed E-state index contributed by atoms with van der Waals surface area (Å²) >= 11 is 0. The highest BCUT2D eigenvalue weighted by molar-refractivity contribution is 5.97. The second kappa shape index (κ2) is 8.83. The Kier molecular flexibility index (Phi) is 6.95. The molecule has 0 unspecified atom stereocenters. The van der Waals surface area contributed by atoms with Crippen LogP contribution >= 0.6 is 0 Å². The molecule has 28 heavy (non-hydrogen) atoms. The Morgan fingerprint density at radius 2 is 1.93 bits per heavy atom. The maximum absolute atomic E-state index is 12.8. The highest BCUT2D eigenvalue weighted by Gasteiger charge is 2.38. The van der Waals surface area contributed by atoms with E-state index in [2.05, 4.69) is 4.74 Å². The zero-order valence-electron chi connectivity index (χ0n) is 16.4. The summed E-state index contributed by atoms with van der Waals surface area (Å²) in [5.41, 5.74) is -0.631. The molecule has 1 aliphatic heterocycles. The van der Waals surface area contributed by atoms with Crippen molar-refractivity contribution in [2.45, 2.75) is 45.1 Å². The average Bonchev–Trinajstić information content (AvgIpc) is 2.94. The third-order valence-corrected chi connectivity index (χ3v) is 4.24. The summed E-state index contributed by atoms with van der Waals surface area (Å²) in [6.45, 7) is 2.34. The summed E-state index contributed by atoms with van der Waals surface area (Å²) in [4.78, 5) is 27.7. The fraction of sp³-hybridized carbons (Fsp3) is 0.579. The molecule has 1 N–H and O–H groups in total. The fourth-order valence-electron chi connectivity index (χ4n) is 3.08. The SMILES string of the molecule is CN(CC(=O)OC(C)(C)C)[C@H]1CN(C(=O)c2ccccc2OC(F)F)C[C@H]1O. The molecule has 2 rings (SSSR count). The minimum Gasteiger partial charge on any atom is -0.459 e. The van der Waals surface area contributed by atoms with Crippen molar-refractivity contribution in [2.24, 2.45) is 0 Å². The molecule has 156 valence electrons. The number of ether oxygens (including phenoxy) is 2. The Hall–Kier alpha value is -2.26. The number of halogens is 2. The molecule has 1 saturated heterocycles. The lowest BCUT2D eigenvalue weighted by molar-refractivity contribution is -0.156. The van der Waals surface area contributed by atoms with E-state index in [1.54, 1.807) is 38.8 Å². The number of aliphatic hydroxyl groups is 1. The van der Waals surface area contributed by atoms with Gasteiger partial charge in [-0.25, -0.2) is 0 Å². The highest BCUT2D eigenvalue weighted by atomic mass is 19.3. The minimum atomic E-state index is -3.05. The number of likely N-dealkylation sites (tertiary alicyclic amines) is 1. The van der Waals surface area contributed by atoms with Crippen LogP contribution in [-0.2, 0) is 9.53 Å². The lowest BCUT2D eigenvalue weighted by Gasteiger charge is -2.27. The summed E-state index contributed by atoms with van der Waals surface area (Å²) in [5, 5.41) is 10.3. The van der Waals surface area contributed by atoms with Gasteiger partial charge in [-0.2, -0.15) is 8.78 Å². The van der Waals surface area contributed by atoms with Gasteiger partial charge < -0.3 is 19.5 Å². The standard InChI is InChI=1S/C19H26F2N2O5/c1-19(2,3)28-16(25)11-22(4)13-9-23(10-14(13)24)17(26)12-7-5-6-8-15(12)27-18(20)21/h5-8,13-14,18,24H,9-11H2,1-4H3/t13-,14+/m0/s1. The van der Waals surface area contributed by atoms with Crippen molar-refractivity contribution in [3.8, 4) is 5.75 Å². The topological polar surface area (TPSA) is 79.3 Å². The third kappa shape index (κ3) is 5.87. The number of hydrogen-bond donors (Lipinski definition) is 1. The molecule has 1 aliphatic rings. The minimum absolute atomic E-state index is 0.00885. The van der Waals surface area contributed by atoms with Crippen LogP contribution in [0.1, 0.15) is 31.1 Å². The van der Waals surface area contributed by atoms with Gasteiger partial charge in [0, 0.05) is 13.1 Å². The van der Waals surface area contributed by atoms with Crippen LogP contribution in [0.5, 0.6) is 5.75 Å². The number of carbonyl (C=O) groups excluding carboxylic acids is 2. The molecule has 0 bridgehead atoms. The predicted octanol–water partition coefficient (Wildman–Crippen LogP) is 1.75. The summed E-state index contributed by atoms with van der Waals surface area (Å²) in [7, 11) is 1.65. The molecular formula is C19H26F2N2O5. The number of hydrogen-bond acceptors (Lipinski definition) is 6. The molecule has 1 fully saturated rings. The van der Waals surface area contributed by atoms with Crippen molar-refractivity contribution in [1.29, 1.82) is 0 Å². The van der Waals surface area contributed by atoms with E-state index in [9.17, 15) is 23.5 Å². The zero-order chi connectivity index (χ0) is 21.1. The van der Waals surface area contributed by atoms with Gasteiger partial charge in [0.15, 0.2) is 0 Å². The van der Waals surface area contributed by atoms with Crippen LogP contribution in [0.25, 0.3) is 0 Å². The molecule has 0 radical (unpaired) electrons. The Labute approximate surface area is 162 Å². The van der Waals surface area contributed by atoms with Gasteiger partial charge in [0.1, 0.15) is 11.4 Å². The Morgan fingerprint density at radius 3 is 2.54 bits per heavy atom. The molecule has 2 atom stereocenters. The van der Waals surface area contributed by atoms with Gasteiger partial charge in [-0.05, 0) is 40.0 Å². The molecule has 1 heterocycles. The van der Waals surface area contributed by atoms with Crippen molar-refractivity contribution in [3.05, 3.63) is 29.8 Å². The van der Waals surface area contributed by atoms with E-state index in [4.69, 9.17) is 4.74 Å². The zero-order valence-corrected chi connectivity index (χ0v) is 16.4. The first-order valence-electron chi connectivity index (χ1n) is 8.91. The Bertz CT molecular complexity index is 708.